The molecule has 0 aromatic heterocycles. The summed E-state index contributed by atoms with van der Waals surface area (Å²) in [6.07, 6.45) is -0.451. The molecule has 0 spiro atoms. The van der Waals surface area contributed by atoms with Gasteiger partial charge >= 0.3 is 12.1 Å². The van der Waals surface area contributed by atoms with E-state index >= 15 is 0 Å². The van der Waals surface area contributed by atoms with E-state index in [9.17, 15) is 14.7 Å². The Labute approximate surface area is 150 Å². The summed E-state index contributed by atoms with van der Waals surface area (Å²) < 4.78 is 5.41. The zero-order valence-electron chi connectivity index (χ0n) is 16.0. The van der Waals surface area contributed by atoms with E-state index in [0.717, 1.165) is 11.1 Å². The predicted molar refractivity (Wildman–Crippen MR) is 96.8 cm³/mol. The topological polar surface area (TPSA) is 66.8 Å². The normalized spacial score (nSPS) is 21.3. The average Bonchev–Trinajstić information content (AvgIpc) is 2.90. The molecular weight excluding hydrogens is 318 g/mol. The van der Waals surface area contributed by atoms with Crippen molar-refractivity contribution < 1.29 is 19.4 Å². The van der Waals surface area contributed by atoms with Crippen LogP contribution in [-0.4, -0.2) is 40.8 Å². The van der Waals surface area contributed by atoms with Gasteiger partial charge in [0.25, 0.3) is 0 Å². The van der Waals surface area contributed by atoms with Crippen molar-refractivity contribution in [2.75, 3.05) is 13.1 Å². The molecule has 2 rings (SSSR count). The summed E-state index contributed by atoms with van der Waals surface area (Å²) in [4.78, 5) is 25.6. The molecule has 0 aliphatic carbocycles. The van der Waals surface area contributed by atoms with Crippen LogP contribution in [0.25, 0.3) is 0 Å². The number of likely N-dealkylation sites (tertiary alicyclic amines) is 1. The van der Waals surface area contributed by atoms with Crippen molar-refractivity contribution in [2.24, 2.45) is 5.92 Å². The first-order valence-electron chi connectivity index (χ1n) is 8.69. The maximum atomic E-state index is 12.3. The van der Waals surface area contributed by atoms with E-state index in [2.05, 4.69) is 32.9 Å². The van der Waals surface area contributed by atoms with Crippen molar-refractivity contribution in [1.29, 1.82) is 0 Å². The zero-order valence-corrected chi connectivity index (χ0v) is 16.0. The van der Waals surface area contributed by atoms with Crippen LogP contribution < -0.4 is 0 Å². The number of rotatable bonds is 2. The van der Waals surface area contributed by atoms with Crippen LogP contribution in [0.15, 0.2) is 24.3 Å². The van der Waals surface area contributed by atoms with Gasteiger partial charge in [-0.2, -0.15) is 0 Å². The third kappa shape index (κ3) is 4.74. The number of nitrogens with zero attached hydrogens (tertiary/aromatic N) is 1. The number of carboxylic acid groups (broad SMARTS) is 1. The first kappa shape index (κ1) is 19.3. The molecule has 0 saturated carbocycles. The minimum absolute atomic E-state index is 0.0157. The molecule has 1 saturated heterocycles. The highest BCUT2D eigenvalue weighted by atomic mass is 16.6. The van der Waals surface area contributed by atoms with Crippen LogP contribution in [0.4, 0.5) is 4.79 Å². The highest BCUT2D eigenvalue weighted by Crippen LogP contribution is 2.35. The first-order valence-corrected chi connectivity index (χ1v) is 8.69. The Kier molecular flexibility index (Phi) is 5.17. The minimum atomic E-state index is -0.878. The SMILES string of the molecule is CC(C)(C)OC(=O)N1C[C@@H](C(=O)O)[C@H](c2cccc(C(C)(C)C)c2)C1. The Morgan fingerprint density at radius 2 is 1.76 bits per heavy atom. The van der Waals surface area contributed by atoms with Gasteiger partial charge < -0.3 is 14.7 Å². The number of hydrogen-bond acceptors (Lipinski definition) is 3. The van der Waals surface area contributed by atoms with Crippen molar-refractivity contribution in [3.8, 4) is 0 Å². The summed E-state index contributed by atoms with van der Waals surface area (Å²) in [5.41, 5.74) is 1.51. The number of carbonyl (C=O) groups excluding carboxylic acids is 1. The maximum Gasteiger partial charge on any atom is 0.410 e. The summed E-state index contributed by atoms with van der Waals surface area (Å²) in [5.74, 6) is -1.73. The second-order valence-corrected chi connectivity index (χ2v) is 8.81. The fourth-order valence-electron chi connectivity index (χ4n) is 3.10. The standard InChI is InChI=1S/C20H29NO4/c1-19(2,3)14-9-7-8-13(10-14)15-11-21(12-16(15)17(22)23)18(24)25-20(4,5)6/h7-10,15-16H,11-12H2,1-6H3,(H,22,23)/t15-,16+/m0/s1. The molecule has 1 heterocycles. The molecule has 0 radical (unpaired) electrons. The number of hydrogen-bond donors (Lipinski definition) is 1. The van der Waals surface area contributed by atoms with Crippen LogP contribution in [-0.2, 0) is 14.9 Å². The van der Waals surface area contributed by atoms with Crippen LogP contribution in [0.5, 0.6) is 0 Å². The van der Waals surface area contributed by atoms with E-state index < -0.39 is 23.6 Å². The molecule has 0 unspecified atom stereocenters. The zero-order chi connectivity index (χ0) is 19.0. The monoisotopic (exact) mass is 347 g/mol. The summed E-state index contributed by atoms with van der Waals surface area (Å²) in [6.45, 7) is 12.3. The molecule has 25 heavy (non-hydrogen) atoms. The summed E-state index contributed by atoms with van der Waals surface area (Å²) >= 11 is 0. The minimum Gasteiger partial charge on any atom is -0.481 e. The highest BCUT2D eigenvalue weighted by Gasteiger charge is 2.42. The molecule has 1 fully saturated rings. The lowest BCUT2D eigenvalue weighted by Crippen LogP contribution is -2.35. The molecule has 5 nitrogen and oxygen atoms in total. The quantitative estimate of drug-likeness (QED) is 0.877. The van der Waals surface area contributed by atoms with Crippen molar-refractivity contribution in [1.82, 2.24) is 4.90 Å². The van der Waals surface area contributed by atoms with Crippen LogP contribution in [0.1, 0.15) is 58.6 Å². The van der Waals surface area contributed by atoms with Crippen molar-refractivity contribution in [2.45, 2.75) is 58.5 Å². The molecule has 1 aromatic rings. The van der Waals surface area contributed by atoms with Gasteiger partial charge in [0.05, 0.1) is 5.92 Å². The third-order valence-corrected chi connectivity index (χ3v) is 4.47. The van der Waals surface area contributed by atoms with E-state index in [1.807, 2.05) is 12.1 Å². The molecular formula is C20H29NO4. The Hall–Kier alpha value is -2.04. The van der Waals surface area contributed by atoms with Crippen molar-refractivity contribution in [3.05, 3.63) is 35.4 Å². The Morgan fingerprint density at radius 3 is 2.28 bits per heavy atom. The molecule has 138 valence electrons. The van der Waals surface area contributed by atoms with E-state index in [0.29, 0.717) is 6.54 Å². The van der Waals surface area contributed by atoms with Gasteiger partial charge in [-0.1, -0.05) is 45.0 Å². The van der Waals surface area contributed by atoms with E-state index in [-0.39, 0.29) is 17.9 Å². The molecule has 2 atom stereocenters. The molecule has 1 aliphatic rings. The number of carbonyl (C=O) groups is 2. The third-order valence-electron chi connectivity index (χ3n) is 4.47. The van der Waals surface area contributed by atoms with Gasteiger partial charge in [0, 0.05) is 19.0 Å². The molecule has 1 amide bonds. The summed E-state index contributed by atoms with van der Waals surface area (Å²) in [6, 6.07) is 8.04. The second-order valence-electron chi connectivity index (χ2n) is 8.81. The predicted octanol–water partition coefficient (Wildman–Crippen LogP) is 4.02. The number of amides is 1. The molecule has 0 bridgehead atoms. The lowest BCUT2D eigenvalue weighted by molar-refractivity contribution is -0.141. The van der Waals surface area contributed by atoms with Gasteiger partial charge in [0.15, 0.2) is 0 Å². The number of benzene rings is 1. The van der Waals surface area contributed by atoms with Gasteiger partial charge in [0.2, 0.25) is 0 Å². The van der Waals surface area contributed by atoms with Crippen molar-refractivity contribution >= 4 is 12.1 Å². The van der Waals surface area contributed by atoms with Gasteiger partial charge in [-0.05, 0) is 37.3 Å². The van der Waals surface area contributed by atoms with E-state index in [1.165, 1.54) is 4.90 Å². The first-order chi connectivity index (χ1) is 11.4. The van der Waals surface area contributed by atoms with Crippen LogP contribution in [0.2, 0.25) is 0 Å². The summed E-state index contributed by atoms with van der Waals surface area (Å²) in [5, 5.41) is 9.63. The lowest BCUT2D eigenvalue weighted by atomic mass is 9.82. The van der Waals surface area contributed by atoms with Crippen LogP contribution >= 0.6 is 0 Å². The highest BCUT2D eigenvalue weighted by molar-refractivity contribution is 5.76. The molecule has 1 aromatic carbocycles. The number of ether oxygens (including phenoxy) is 1. The molecule has 1 N–H and O–H groups in total. The molecule has 5 heteroatoms. The fraction of sp³-hybridized carbons (Fsp3) is 0.600. The number of aliphatic carboxylic acids is 1. The Bertz CT molecular complexity index is 654. The average molecular weight is 347 g/mol. The molecule has 1 aliphatic heterocycles. The largest absolute Gasteiger partial charge is 0.481 e. The van der Waals surface area contributed by atoms with Gasteiger partial charge in [-0.25, -0.2) is 4.79 Å². The van der Waals surface area contributed by atoms with Crippen LogP contribution in [0.3, 0.4) is 0 Å². The van der Waals surface area contributed by atoms with Gasteiger partial charge in [-0.15, -0.1) is 0 Å². The lowest BCUT2D eigenvalue weighted by Gasteiger charge is -2.24. The van der Waals surface area contributed by atoms with Gasteiger partial charge in [0.1, 0.15) is 5.60 Å². The fourth-order valence-corrected chi connectivity index (χ4v) is 3.10. The summed E-state index contributed by atoms with van der Waals surface area (Å²) in [7, 11) is 0. The Morgan fingerprint density at radius 1 is 1.12 bits per heavy atom. The Balaban J connectivity index is 2.27. The van der Waals surface area contributed by atoms with E-state index in [1.54, 1.807) is 20.8 Å². The van der Waals surface area contributed by atoms with Gasteiger partial charge in [-0.3, -0.25) is 4.79 Å². The van der Waals surface area contributed by atoms with E-state index in [4.69, 9.17) is 4.74 Å². The smallest absolute Gasteiger partial charge is 0.410 e. The van der Waals surface area contributed by atoms with Crippen LogP contribution in [0, 0.1) is 5.92 Å². The van der Waals surface area contributed by atoms with Crippen molar-refractivity contribution in [3.63, 3.8) is 0 Å². The maximum absolute atomic E-state index is 12.3. The number of carboxylic acids is 1. The second kappa shape index (κ2) is 6.70.